The number of nitrogens with zero attached hydrogens (tertiary/aromatic N) is 1. The highest BCUT2D eigenvalue weighted by atomic mass is 16.5. The van der Waals surface area contributed by atoms with Crippen molar-refractivity contribution in [1.29, 1.82) is 0 Å². The maximum Gasteiger partial charge on any atom is 0.249 e. The average molecular weight is 268 g/mol. The first-order chi connectivity index (χ1) is 9.18. The molecule has 0 saturated carbocycles. The number of carbonyl (C=O) groups excluding carboxylic acids is 1. The molecule has 4 heteroatoms. The third-order valence-electron chi connectivity index (χ3n) is 4.34. The minimum atomic E-state index is -0.200. The van der Waals surface area contributed by atoms with Crippen LogP contribution in [0.2, 0.25) is 0 Å². The summed E-state index contributed by atoms with van der Waals surface area (Å²) >= 11 is 0. The van der Waals surface area contributed by atoms with Gasteiger partial charge >= 0.3 is 0 Å². The molecule has 0 spiro atoms. The average Bonchev–Trinajstić information content (AvgIpc) is 2.93. The van der Waals surface area contributed by atoms with Crippen LogP contribution >= 0.6 is 0 Å². The van der Waals surface area contributed by atoms with Gasteiger partial charge in [-0.05, 0) is 44.7 Å². The first kappa shape index (κ1) is 14.8. The molecule has 2 heterocycles. The molecule has 2 atom stereocenters. The Morgan fingerprint density at radius 3 is 2.58 bits per heavy atom. The second-order valence-corrected chi connectivity index (χ2v) is 6.15. The SMILES string of the molecule is CC(C)C(CNC(=O)C1CCCO1)N1CCCCC1. The van der Waals surface area contributed by atoms with Crippen LogP contribution in [0.15, 0.2) is 0 Å². The van der Waals surface area contributed by atoms with Gasteiger partial charge in [-0.15, -0.1) is 0 Å². The van der Waals surface area contributed by atoms with Crippen molar-refractivity contribution >= 4 is 5.91 Å². The molecule has 2 saturated heterocycles. The molecule has 2 fully saturated rings. The molecule has 19 heavy (non-hydrogen) atoms. The van der Waals surface area contributed by atoms with Crippen LogP contribution in [0.3, 0.4) is 0 Å². The summed E-state index contributed by atoms with van der Waals surface area (Å²) in [5.41, 5.74) is 0. The van der Waals surface area contributed by atoms with Crippen molar-refractivity contribution in [2.75, 3.05) is 26.2 Å². The zero-order valence-electron chi connectivity index (χ0n) is 12.4. The van der Waals surface area contributed by atoms with Gasteiger partial charge in [-0.1, -0.05) is 20.3 Å². The number of piperidine rings is 1. The van der Waals surface area contributed by atoms with Gasteiger partial charge in [0.25, 0.3) is 0 Å². The molecule has 1 N–H and O–H groups in total. The van der Waals surface area contributed by atoms with Gasteiger partial charge in [-0.25, -0.2) is 0 Å². The van der Waals surface area contributed by atoms with Crippen molar-refractivity contribution in [3.63, 3.8) is 0 Å². The molecule has 2 aliphatic rings. The Balaban J connectivity index is 1.80. The molecule has 0 radical (unpaired) electrons. The Bertz CT molecular complexity index is 282. The summed E-state index contributed by atoms with van der Waals surface area (Å²) in [5.74, 6) is 0.656. The fourth-order valence-corrected chi connectivity index (χ4v) is 3.14. The summed E-state index contributed by atoms with van der Waals surface area (Å²) in [6, 6.07) is 0.464. The van der Waals surface area contributed by atoms with Crippen LogP contribution in [-0.4, -0.2) is 49.2 Å². The summed E-state index contributed by atoms with van der Waals surface area (Å²) in [7, 11) is 0. The van der Waals surface area contributed by atoms with E-state index in [1.54, 1.807) is 0 Å². The number of hydrogen-bond acceptors (Lipinski definition) is 3. The number of hydrogen-bond donors (Lipinski definition) is 1. The highest BCUT2D eigenvalue weighted by molar-refractivity contribution is 5.80. The first-order valence-electron chi connectivity index (χ1n) is 7.82. The van der Waals surface area contributed by atoms with Gasteiger partial charge < -0.3 is 10.1 Å². The standard InChI is InChI=1S/C15H28N2O2/c1-12(2)13(17-8-4-3-5-9-17)11-16-15(18)14-7-6-10-19-14/h12-14H,3-11H2,1-2H3,(H,16,18). The van der Waals surface area contributed by atoms with E-state index in [0.29, 0.717) is 12.0 Å². The van der Waals surface area contributed by atoms with Gasteiger partial charge in [0.2, 0.25) is 5.91 Å². The lowest BCUT2D eigenvalue weighted by Gasteiger charge is -2.37. The third kappa shape index (κ3) is 4.18. The van der Waals surface area contributed by atoms with E-state index in [1.807, 2.05) is 0 Å². The number of ether oxygens (including phenoxy) is 1. The van der Waals surface area contributed by atoms with E-state index in [0.717, 1.165) is 26.0 Å². The van der Waals surface area contributed by atoms with Gasteiger partial charge in [0.1, 0.15) is 6.10 Å². The van der Waals surface area contributed by atoms with Crippen LogP contribution in [0.5, 0.6) is 0 Å². The second-order valence-electron chi connectivity index (χ2n) is 6.15. The molecule has 0 aliphatic carbocycles. The molecule has 2 unspecified atom stereocenters. The maximum absolute atomic E-state index is 12.0. The van der Waals surface area contributed by atoms with Crippen LogP contribution in [0.1, 0.15) is 46.0 Å². The van der Waals surface area contributed by atoms with Gasteiger partial charge in [0.05, 0.1) is 0 Å². The Hall–Kier alpha value is -0.610. The highest BCUT2D eigenvalue weighted by Gasteiger charge is 2.27. The van der Waals surface area contributed by atoms with E-state index in [9.17, 15) is 4.79 Å². The van der Waals surface area contributed by atoms with Crippen LogP contribution in [-0.2, 0) is 9.53 Å². The van der Waals surface area contributed by atoms with Crippen LogP contribution in [0.4, 0.5) is 0 Å². The van der Waals surface area contributed by atoms with Gasteiger partial charge in [0.15, 0.2) is 0 Å². The molecule has 0 aromatic carbocycles. The molecule has 0 aromatic heterocycles. The largest absolute Gasteiger partial charge is 0.368 e. The molecule has 4 nitrogen and oxygen atoms in total. The molecule has 2 rings (SSSR count). The van der Waals surface area contributed by atoms with Crippen molar-refractivity contribution < 1.29 is 9.53 Å². The Labute approximate surface area is 116 Å². The zero-order valence-corrected chi connectivity index (χ0v) is 12.4. The topological polar surface area (TPSA) is 41.6 Å². The molecule has 0 bridgehead atoms. The summed E-state index contributed by atoms with van der Waals surface area (Å²) in [6.45, 7) is 8.35. The van der Waals surface area contributed by atoms with Crippen molar-refractivity contribution in [1.82, 2.24) is 10.2 Å². The Kier molecular flexibility index (Phi) is 5.64. The number of likely N-dealkylation sites (tertiary alicyclic amines) is 1. The van der Waals surface area contributed by atoms with E-state index in [4.69, 9.17) is 4.74 Å². The summed E-state index contributed by atoms with van der Waals surface area (Å²) in [5, 5.41) is 3.10. The van der Waals surface area contributed by atoms with Crippen LogP contribution in [0, 0.1) is 5.92 Å². The second kappa shape index (κ2) is 7.25. The number of carbonyl (C=O) groups is 1. The van der Waals surface area contributed by atoms with Crippen molar-refractivity contribution in [2.45, 2.75) is 58.1 Å². The van der Waals surface area contributed by atoms with E-state index >= 15 is 0 Å². The molecular formula is C15H28N2O2. The number of nitrogens with one attached hydrogen (secondary N) is 1. The molecule has 0 aromatic rings. The predicted molar refractivity (Wildman–Crippen MR) is 76.0 cm³/mol. The van der Waals surface area contributed by atoms with Crippen LogP contribution in [0.25, 0.3) is 0 Å². The van der Waals surface area contributed by atoms with E-state index < -0.39 is 0 Å². The first-order valence-corrected chi connectivity index (χ1v) is 7.82. The zero-order chi connectivity index (χ0) is 13.7. The van der Waals surface area contributed by atoms with Crippen molar-refractivity contribution in [3.8, 4) is 0 Å². The molecule has 110 valence electrons. The fourth-order valence-electron chi connectivity index (χ4n) is 3.14. The van der Waals surface area contributed by atoms with E-state index in [-0.39, 0.29) is 12.0 Å². The van der Waals surface area contributed by atoms with E-state index in [1.165, 1.54) is 32.4 Å². The lowest BCUT2D eigenvalue weighted by Crippen LogP contribution is -2.50. The minimum Gasteiger partial charge on any atom is -0.368 e. The summed E-state index contributed by atoms with van der Waals surface area (Å²) < 4.78 is 5.43. The smallest absolute Gasteiger partial charge is 0.249 e. The number of amides is 1. The predicted octanol–water partition coefficient (Wildman–Crippen LogP) is 1.79. The highest BCUT2D eigenvalue weighted by Crippen LogP contribution is 2.17. The molecular weight excluding hydrogens is 240 g/mol. The quantitative estimate of drug-likeness (QED) is 0.826. The Morgan fingerprint density at radius 2 is 2.00 bits per heavy atom. The normalized spacial score (nSPS) is 26.6. The van der Waals surface area contributed by atoms with Gasteiger partial charge in [-0.2, -0.15) is 0 Å². The lowest BCUT2D eigenvalue weighted by atomic mass is 9.99. The maximum atomic E-state index is 12.0. The third-order valence-corrected chi connectivity index (χ3v) is 4.34. The summed E-state index contributed by atoms with van der Waals surface area (Å²) in [6.07, 6.45) is 5.63. The van der Waals surface area contributed by atoms with E-state index in [2.05, 4.69) is 24.1 Å². The van der Waals surface area contributed by atoms with Crippen molar-refractivity contribution in [3.05, 3.63) is 0 Å². The monoisotopic (exact) mass is 268 g/mol. The van der Waals surface area contributed by atoms with Gasteiger partial charge in [0, 0.05) is 19.2 Å². The molecule has 1 amide bonds. The molecule has 2 aliphatic heterocycles. The van der Waals surface area contributed by atoms with Gasteiger partial charge in [-0.3, -0.25) is 9.69 Å². The summed E-state index contributed by atoms with van der Waals surface area (Å²) in [4.78, 5) is 14.5. The van der Waals surface area contributed by atoms with Crippen LogP contribution < -0.4 is 5.32 Å². The minimum absolute atomic E-state index is 0.0835. The lowest BCUT2D eigenvalue weighted by molar-refractivity contribution is -0.130. The Morgan fingerprint density at radius 1 is 1.26 bits per heavy atom. The number of rotatable bonds is 5. The van der Waals surface area contributed by atoms with Crippen molar-refractivity contribution in [2.24, 2.45) is 5.92 Å². The fraction of sp³-hybridized carbons (Fsp3) is 0.933.